The lowest BCUT2D eigenvalue weighted by Gasteiger charge is -2.58. The lowest BCUT2D eigenvalue weighted by molar-refractivity contribution is -0.133. The molecular formula is C19H27N3O. The summed E-state index contributed by atoms with van der Waals surface area (Å²) in [6, 6.07) is 0.0385. The van der Waals surface area contributed by atoms with Crippen molar-refractivity contribution < 1.29 is 4.74 Å². The highest BCUT2D eigenvalue weighted by atomic mass is 16.5. The van der Waals surface area contributed by atoms with Gasteiger partial charge in [-0.05, 0) is 75.7 Å². The SMILES string of the molecule is C=N[C@@H]1CC[C@@]2(N)[C@@]34CC[C@]5(CCCCC5=CC3=CC[C@]12N)O4. The molecule has 124 valence electrons. The van der Waals surface area contributed by atoms with Crippen LogP contribution >= 0.6 is 0 Å². The molecule has 0 radical (unpaired) electrons. The molecule has 5 aliphatic rings. The first-order chi connectivity index (χ1) is 11.0. The molecule has 0 amide bonds. The van der Waals surface area contributed by atoms with Crippen molar-refractivity contribution in [3.8, 4) is 0 Å². The lowest BCUT2D eigenvalue weighted by atomic mass is 9.59. The van der Waals surface area contributed by atoms with E-state index in [4.69, 9.17) is 16.2 Å². The fourth-order valence-electron chi connectivity index (χ4n) is 6.42. The van der Waals surface area contributed by atoms with E-state index in [1.807, 2.05) is 0 Å². The monoisotopic (exact) mass is 313 g/mol. The van der Waals surface area contributed by atoms with Crippen LogP contribution in [-0.2, 0) is 4.74 Å². The Bertz CT molecular complexity index is 655. The van der Waals surface area contributed by atoms with E-state index in [0.717, 1.165) is 38.5 Å². The molecule has 0 unspecified atom stereocenters. The topological polar surface area (TPSA) is 73.6 Å². The van der Waals surface area contributed by atoms with Crippen molar-refractivity contribution in [1.82, 2.24) is 0 Å². The summed E-state index contributed by atoms with van der Waals surface area (Å²) < 4.78 is 6.95. The minimum Gasteiger partial charge on any atom is -0.357 e. The van der Waals surface area contributed by atoms with Crippen LogP contribution in [0.15, 0.2) is 28.3 Å². The fourth-order valence-corrected chi connectivity index (χ4v) is 6.42. The zero-order valence-corrected chi connectivity index (χ0v) is 13.8. The molecule has 0 aromatic heterocycles. The van der Waals surface area contributed by atoms with Gasteiger partial charge in [0.1, 0.15) is 5.60 Å². The third kappa shape index (κ3) is 1.39. The zero-order chi connectivity index (χ0) is 15.9. The van der Waals surface area contributed by atoms with Gasteiger partial charge in [-0.15, -0.1) is 0 Å². The van der Waals surface area contributed by atoms with Crippen LogP contribution in [0.1, 0.15) is 57.8 Å². The van der Waals surface area contributed by atoms with Gasteiger partial charge in [-0.25, -0.2) is 0 Å². The van der Waals surface area contributed by atoms with Gasteiger partial charge in [0.25, 0.3) is 0 Å². The molecule has 5 atom stereocenters. The van der Waals surface area contributed by atoms with Crippen LogP contribution in [0, 0.1) is 0 Å². The van der Waals surface area contributed by atoms with Crippen LogP contribution in [0.25, 0.3) is 0 Å². The third-order valence-corrected chi connectivity index (χ3v) is 7.75. The van der Waals surface area contributed by atoms with E-state index >= 15 is 0 Å². The Kier molecular flexibility index (Phi) is 2.60. The second-order valence-electron chi connectivity index (χ2n) is 8.41. The van der Waals surface area contributed by atoms with Crippen LogP contribution < -0.4 is 11.5 Å². The quantitative estimate of drug-likeness (QED) is 0.730. The van der Waals surface area contributed by atoms with Crippen molar-refractivity contribution in [2.24, 2.45) is 16.5 Å². The Hall–Kier alpha value is -0.970. The molecule has 1 saturated heterocycles. The van der Waals surface area contributed by atoms with Gasteiger partial charge in [-0.2, -0.15) is 0 Å². The molecule has 2 spiro atoms. The largest absolute Gasteiger partial charge is 0.357 e. The summed E-state index contributed by atoms with van der Waals surface area (Å²) in [6.07, 6.45) is 14.3. The fraction of sp³-hybridized carbons (Fsp3) is 0.737. The predicted molar refractivity (Wildman–Crippen MR) is 91.4 cm³/mol. The molecule has 2 heterocycles. The summed E-state index contributed by atoms with van der Waals surface area (Å²) in [4.78, 5) is 4.33. The van der Waals surface area contributed by atoms with Crippen molar-refractivity contribution in [3.05, 3.63) is 23.3 Å². The summed E-state index contributed by atoms with van der Waals surface area (Å²) in [6.45, 7) is 3.78. The van der Waals surface area contributed by atoms with Crippen molar-refractivity contribution >= 4 is 6.72 Å². The Morgan fingerprint density at radius 1 is 1.17 bits per heavy atom. The van der Waals surface area contributed by atoms with Gasteiger partial charge < -0.3 is 16.2 Å². The van der Waals surface area contributed by atoms with Crippen molar-refractivity contribution in [2.45, 2.75) is 86.1 Å². The molecule has 4 heteroatoms. The number of nitrogens with zero attached hydrogens (tertiary/aromatic N) is 1. The minimum absolute atomic E-state index is 0.0385. The van der Waals surface area contributed by atoms with Crippen LogP contribution in [0.2, 0.25) is 0 Å². The van der Waals surface area contributed by atoms with Crippen molar-refractivity contribution in [2.75, 3.05) is 0 Å². The molecular weight excluding hydrogens is 286 g/mol. The molecule has 2 bridgehead atoms. The Morgan fingerprint density at radius 3 is 2.87 bits per heavy atom. The van der Waals surface area contributed by atoms with E-state index in [9.17, 15) is 0 Å². The predicted octanol–water partition coefficient (Wildman–Crippen LogP) is 2.38. The lowest BCUT2D eigenvalue weighted by Crippen LogP contribution is -2.78. The van der Waals surface area contributed by atoms with E-state index in [2.05, 4.69) is 23.9 Å². The molecule has 23 heavy (non-hydrogen) atoms. The summed E-state index contributed by atoms with van der Waals surface area (Å²) in [5.74, 6) is 0. The van der Waals surface area contributed by atoms with Crippen LogP contribution in [0.5, 0.6) is 0 Å². The molecule has 2 aliphatic heterocycles. The van der Waals surface area contributed by atoms with Crippen molar-refractivity contribution in [1.29, 1.82) is 0 Å². The van der Waals surface area contributed by atoms with E-state index < -0.39 is 16.7 Å². The maximum atomic E-state index is 7.10. The summed E-state index contributed by atoms with van der Waals surface area (Å²) >= 11 is 0. The average molecular weight is 313 g/mol. The second kappa shape index (κ2) is 4.16. The molecule has 3 aliphatic carbocycles. The van der Waals surface area contributed by atoms with Crippen LogP contribution in [-0.4, -0.2) is 35.0 Å². The number of rotatable bonds is 1. The number of ether oxygens (including phenoxy) is 1. The van der Waals surface area contributed by atoms with Crippen molar-refractivity contribution in [3.63, 3.8) is 0 Å². The van der Waals surface area contributed by atoms with Crippen LogP contribution in [0.3, 0.4) is 0 Å². The molecule has 3 fully saturated rings. The number of fused-ring (bicyclic) bond motifs is 1. The number of hydrogen-bond donors (Lipinski definition) is 2. The maximum Gasteiger partial charge on any atom is 0.114 e. The number of aliphatic imine (C=N–C) groups is 1. The normalized spacial score (nSPS) is 53.7. The van der Waals surface area contributed by atoms with Gasteiger partial charge >= 0.3 is 0 Å². The first-order valence-electron chi connectivity index (χ1n) is 9.15. The minimum atomic E-state index is -0.529. The third-order valence-electron chi connectivity index (χ3n) is 7.75. The highest BCUT2D eigenvalue weighted by Gasteiger charge is 2.73. The smallest absolute Gasteiger partial charge is 0.114 e. The van der Waals surface area contributed by atoms with E-state index in [-0.39, 0.29) is 11.6 Å². The second-order valence-corrected chi connectivity index (χ2v) is 8.41. The zero-order valence-electron chi connectivity index (χ0n) is 13.8. The van der Waals surface area contributed by atoms with Gasteiger partial charge in [0, 0.05) is 0 Å². The summed E-state index contributed by atoms with van der Waals surface area (Å²) in [5.41, 5.74) is 15.3. The molecule has 0 aromatic rings. The van der Waals surface area contributed by atoms with E-state index in [0.29, 0.717) is 0 Å². The van der Waals surface area contributed by atoms with E-state index in [1.54, 1.807) is 0 Å². The maximum absolute atomic E-state index is 7.10. The summed E-state index contributed by atoms with van der Waals surface area (Å²) in [7, 11) is 0. The van der Waals surface area contributed by atoms with Gasteiger partial charge in [0.15, 0.2) is 0 Å². The summed E-state index contributed by atoms with van der Waals surface area (Å²) in [5, 5.41) is 0. The van der Waals surface area contributed by atoms with Gasteiger partial charge in [0.2, 0.25) is 0 Å². The first kappa shape index (κ1) is 14.4. The van der Waals surface area contributed by atoms with Gasteiger partial charge in [-0.1, -0.05) is 12.2 Å². The highest BCUT2D eigenvalue weighted by molar-refractivity contribution is 5.52. The highest BCUT2D eigenvalue weighted by Crippen LogP contribution is 2.64. The number of hydrogen-bond acceptors (Lipinski definition) is 4. The molecule has 0 aromatic carbocycles. The Labute approximate surface area is 138 Å². The first-order valence-corrected chi connectivity index (χ1v) is 9.15. The van der Waals surface area contributed by atoms with Gasteiger partial charge in [0.05, 0.1) is 22.7 Å². The Balaban J connectivity index is 1.70. The molecule has 2 saturated carbocycles. The molecule has 5 rings (SSSR count). The average Bonchev–Trinajstić information content (AvgIpc) is 3.01. The number of nitrogens with two attached hydrogens (primary N) is 2. The standard InChI is InChI=1S/C19H27N3O/c1-22-15-6-9-19(21)17(15,20)8-5-14-12-13-4-2-3-7-16(13)10-11-18(14,19)23-16/h5,12,15H,1-4,6-11,20-21H2/t15-,16+,17+,18-,19+/m1/s1. The Morgan fingerprint density at radius 2 is 2.04 bits per heavy atom. The van der Waals surface area contributed by atoms with Crippen LogP contribution in [0.4, 0.5) is 0 Å². The molecule has 4 nitrogen and oxygen atoms in total. The van der Waals surface area contributed by atoms with E-state index in [1.165, 1.54) is 30.4 Å². The molecule has 4 N–H and O–H groups in total. The van der Waals surface area contributed by atoms with Gasteiger partial charge in [-0.3, -0.25) is 4.99 Å².